The highest BCUT2D eigenvalue weighted by molar-refractivity contribution is 5.31. The van der Waals surface area contributed by atoms with Crippen LogP contribution in [0.25, 0.3) is 0 Å². The van der Waals surface area contributed by atoms with Crippen molar-refractivity contribution in [1.29, 1.82) is 0 Å². The Hall–Kier alpha value is -1.22. The average Bonchev–Trinajstić information content (AvgIpc) is 2.61. The third kappa shape index (κ3) is 4.05. The van der Waals surface area contributed by atoms with Crippen LogP contribution in [0.2, 0.25) is 0 Å². The topological polar surface area (TPSA) is 120 Å². The van der Waals surface area contributed by atoms with Gasteiger partial charge in [0.05, 0.1) is 6.61 Å². The summed E-state index contributed by atoms with van der Waals surface area (Å²) in [7, 11) is 0. The Balaban J connectivity index is 2.17. The van der Waals surface area contributed by atoms with Crippen LogP contribution in [0.1, 0.15) is 26.3 Å². The van der Waals surface area contributed by atoms with E-state index in [1.807, 2.05) is 12.1 Å². The quantitative estimate of drug-likeness (QED) is 0.503. The number of ether oxygens (including phenoxy) is 2. The zero-order chi connectivity index (χ0) is 18.1. The van der Waals surface area contributed by atoms with Crippen LogP contribution in [0, 0.1) is 0 Å². The molecule has 0 radical (unpaired) electrons. The first-order valence-corrected chi connectivity index (χ1v) is 7.91. The fourth-order valence-corrected chi connectivity index (χ4v) is 2.53. The van der Waals surface area contributed by atoms with E-state index in [4.69, 9.17) is 9.47 Å². The molecule has 5 N–H and O–H groups in total. The average molecular weight is 342 g/mol. The Morgan fingerprint density at radius 2 is 1.46 bits per heavy atom. The molecular weight excluding hydrogens is 316 g/mol. The lowest BCUT2D eigenvalue weighted by atomic mass is 9.87. The molecule has 1 heterocycles. The highest BCUT2D eigenvalue weighted by Gasteiger charge is 2.45. The molecule has 0 bridgehead atoms. The van der Waals surface area contributed by atoms with Crippen molar-refractivity contribution < 1.29 is 35.0 Å². The van der Waals surface area contributed by atoms with Gasteiger partial charge in [0.1, 0.15) is 36.3 Å². The monoisotopic (exact) mass is 342 g/mol. The molecule has 1 unspecified atom stereocenters. The van der Waals surface area contributed by atoms with Crippen molar-refractivity contribution >= 4 is 0 Å². The Morgan fingerprint density at radius 3 is 1.96 bits per heavy atom. The number of aliphatic hydroxyl groups is 5. The summed E-state index contributed by atoms with van der Waals surface area (Å²) in [4.78, 5) is 0. The molecule has 0 aliphatic carbocycles. The lowest BCUT2D eigenvalue weighted by molar-refractivity contribution is -0.195. The van der Waals surface area contributed by atoms with Crippen molar-refractivity contribution in [2.45, 2.75) is 63.0 Å². The van der Waals surface area contributed by atoms with E-state index in [-0.39, 0.29) is 5.41 Å². The van der Waals surface area contributed by atoms with Crippen LogP contribution >= 0.6 is 0 Å². The smallest absolute Gasteiger partial charge is 0.229 e. The van der Waals surface area contributed by atoms with Gasteiger partial charge in [0.2, 0.25) is 6.29 Å². The van der Waals surface area contributed by atoms with Gasteiger partial charge in [-0.2, -0.15) is 0 Å². The standard InChI is InChI=1S/C17H26O7/c1-17(2,3)9-4-6-10(7-5-9)23-16-15(22)14(21)13(20)12(19)11(8-18)24-16/h4-7,11-16,18-22H,8H2,1-3H3/t11-,12-,13+,14?,15+,16-/m1/s1. The first kappa shape index (κ1) is 19.1. The summed E-state index contributed by atoms with van der Waals surface area (Å²) >= 11 is 0. The minimum atomic E-state index is -1.67. The maximum atomic E-state index is 10.1. The van der Waals surface area contributed by atoms with Gasteiger partial charge in [0.25, 0.3) is 0 Å². The molecule has 6 atom stereocenters. The highest BCUT2D eigenvalue weighted by Crippen LogP contribution is 2.27. The van der Waals surface area contributed by atoms with Crippen molar-refractivity contribution in [3.8, 4) is 5.75 Å². The normalized spacial score (nSPS) is 34.7. The SMILES string of the molecule is CC(C)(C)c1ccc(O[C@@H]2O[C@H](CO)[C@@H](O)[C@H](O)C(O)[C@@H]2O)cc1. The molecule has 0 saturated carbocycles. The van der Waals surface area contributed by atoms with Crippen LogP contribution in [0.15, 0.2) is 24.3 Å². The fourth-order valence-electron chi connectivity index (χ4n) is 2.53. The lowest BCUT2D eigenvalue weighted by Gasteiger charge is -2.26. The molecule has 136 valence electrons. The summed E-state index contributed by atoms with van der Waals surface area (Å²) in [5.41, 5.74) is 1.07. The van der Waals surface area contributed by atoms with Crippen molar-refractivity contribution in [2.75, 3.05) is 6.61 Å². The molecule has 24 heavy (non-hydrogen) atoms. The van der Waals surface area contributed by atoms with Crippen molar-refractivity contribution in [3.05, 3.63) is 29.8 Å². The van der Waals surface area contributed by atoms with E-state index < -0.39 is 43.4 Å². The zero-order valence-electron chi connectivity index (χ0n) is 14.0. The molecule has 7 nitrogen and oxygen atoms in total. The Morgan fingerprint density at radius 1 is 0.917 bits per heavy atom. The zero-order valence-corrected chi connectivity index (χ0v) is 14.0. The van der Waals surface area contributed by atoms with E-state index >= 15 is 0 Å². The molecule has 1 fully saturated rings. The highest BCUT2D eigenvalue weighted by atomic mass is 16.7. The predicted octanol–water partition coefficient (Wildman–Crippen LogP) is -0.476. The number of hydrogen-bond donors (Lipinski definition) is 5. The Kier molecular flexibility index (Phi) is 5.85. The Labute approximate surface area is 141 Å². The molecule has 1 aliphatic heterocycles. The second-order valence-electron chi connectivity index (χ2n) is 7.08. The molecule has 0 aromatic heterocycles. The summed E-state index contributed by atoms with van der Waals surface area (Å²) in [5.74, 6) is 0.391. The van der Waals surface area contributed by atoms with Gasteiger partial charge in [-0.25, -0.2) is 0 Å². The summed E-state index contributed by atoms with van der Waals surface area (Å²) in [6.07, 6.45) is -9.00. The van der Waals surface area contributed by atoms with Crippen molar-refractivity contribution in [1.82, 2.24) is 0 Å². The summed E-state index contributed by atoms with van der Waals surface area (Å²) in [6, 6.07) is 7.16. The molecule has 1 saturated heterocycles. The van der Waals surface area contributed by atoms with Gasteiger partial charge in [-0.1, -0.05) is 32.9 Å². The van der Waals surface area contributed by atoms with Crippen molar-refractivity contribution in [3.63, 3.8) is 0 Å². The number of hydrogen-bond acceptors (Lipinski definition) is 7. The molecule has 0 amide bonds. The summed E-state index contributed by atoms with van der Waals surface area (Å²) < 4.78 is 10.9. The fraction of sp³-hybridized carbons (Fsp3) is 0.647. The van der Waals surface area contributed by atoms with Gasteiger partial charge in [0.15, 0.2) is 0 Å². The third-order valence-corrected chi connectivity index (χ3v) is 4.17. The van der Waals surface area contributed by atoms with Crippen molar-refractivity contribution in [2.24, 2.45) is 0 Å². The largest absolute Gasteiger partial charge is 0.462 e. The second kappa shape index (κ2) is 7.35. The molecule has 2 rings (SSSR count). The predicted molar refractivity (Wildman–Crippen MR) is 85.5 cm³/mol. The minimum Gasteiger partial charge on any atom is -0.462 e. The second-order valence-corrected chi connectivity index (χ2v) is 7.08. The van der Waals surface area contributed by atoms with Crippen LogP contribution in [0.5, 0.6) is 5.75 Å². The molecule has 1 aliphatic rings. The van der Waals surface area contributed by atoms with E-state index in [9.17, 15) is 25.5 Å². The summed E-state index contributed by atoms with van der Waals surface area (Å²) in [6.45, 7) is 5.63. The number of benzene rings is 1. The number of rotatable bonds is 3. The van der Waals surface area contributed by atoms with Gasteiger partial charge in [-0.05, 0) is 23.1 Å². The number of aliphatic hydroxyl groups excluding tert-OH is 5. The van der Waals surface area contributed by atoms with Crippen LogP contribution < -0.4 is 4.74 Å². The van der Waals surface area contributed by atoms with Crippen LogP contribution in [0.4, 0.5) is 0 Å². The molecule has 0 spiro atoms. The maximum Gasteiger partial charge on any atom is 0.229 e. The maximum absolute atomic E-state index is 10.1. The third-order valence-electron chi connectivity index (χ3n) is 4.17. The van der Waals surface area contributed by atoms with E-state index in [0.717, 1.165) is 5.56 Å². The van der Waals surface area contributed by atoms with Gasteiger partial charge in [-0.15, -0.1) is 0 Å². The van der Waals surface area contributed by atoms with Crippen LogP contribution in [-0.4, -0.2) is 68.9 Å². The van der Waals surface area contributed by atoms with Crippen LogP contribution in [-0.2, 0) is 10.2 Å². The van der Waals surface area contributed by atoms with E-state index in [0.29, 0.717) is 5.75 Å². The van der Waals surface area contributed by atoms with E-state index in [2.05, 4.69) is 20.8 Å². The van der Waals surface area contributed by atoms with Gasteiger partial charge in [-0.3, -0.25) is 0 Å². The first-order valence-electron chi connectivity index (χ1n) is 7.91. The molecule has 1 aromatic carbocycles. The van der Waals surface area contributed by atoms with Crippen LogP contribution in [0.3, 0.4) is 0 Å². The van der Waals surface area contributed by atoms with E-state index in [1.54, 1.807) is 12.1 Å². The van der Waals surface area contributed by atoms with Gasteiger partial charge in [0, 0.05) is 0 Å². The van der Waals surface area contributed by atoms with E-state index in [1.165, 1.54) is 0 Å². The molecule has 7 heteroatoms. The minimum absolute atomic E-state index is 0.0245. The molecular formula is C17H26O7. The summed E-state index contributed by atoms with van der Waals surface area (Å²) in [5, 5.41) is 48.9. The van der Waals surface area contributed by atoms with Gasteiger partial charge >= 0.3 is 0 Å². The lowest BCUT2D eigenvalue weighted by Crippen LogP contribution is -2.48. The molecule has 1 aromatic rings. The first-order chi connectivity index (χ1) is 11.1. The van der Waals surface area contributed by atoms with Gasteiger partial charge < -0.3 is 35.0 Å². The Bertz CT molecular complexity index is 523.